The van der Waals surface area contributed by atoms with Gasteiger partial charge >= 0.3 is 0 Å². The minimum atomic E-state index is -0.573. The number of aliphatic hydroxyl groups is 1. The van der Waals surface area contributed by atoms with E-state index in [0.717, 1.165) is 12.8 Å². The van der Waals surface area contributed by atoms with Gasteiger partial charge in [0.2, 0.25) is 0 Å². The highest BCUT2D eigenvalue weighted by molar-refractivity contribution is 6.09. The minimum Gasteiger partial charge on any atom is -0.394 e. The van der Waals surface area contributed by atoms with Crippen LogP contribution in [-0.2, 0) is 0 Å². The average Bonchev–Trinajstić information content (AvgIpc) is 3.30. The van der Waals surface area contributed by atoms with Crippen molar-refractivity contribution in [2.45, 2.75) is 25.3 Å². The van der Waals surface area contributed by atoms with Crippen molar-refractivity contribution in [3.8, 4) is 0 Å². The number of carbonyl (C=O) groups is 2. The number of aromatic nitrogens is 1. The van der Waals surface area contributed by atoms with E-state index in [1.165, 1.54) is 0 Å². The van der Waals surface area contributed by atoms with Gasteiger partial charge in [0.05, 0.1) is 12.1 Å². The number of carbonyl (C=O) groups excluding carboxylic acids is 2. The van der Waals surface area contributed by atoms with Gasteiger partial charge in [-0.25, -0.2) is 0 Å². The van der Waals surface area contributed by atoms with E-state index in [-0.39, 0.29) is 18.3 Å². The first-order chi connectivity index (χ1) is 11.0. The van der Waals surface area contributed by atoms with Crippen LogP contribution >= 0.6 is 0 Å². The highest BCUT2D eigenvalue weighted by atomic mass is 16.3. The van der Waals surface area contributed by atoms with E-state index < -0.39 is 5.54 Å². The Morgan fingerprint density at radius 2 is 1.83 bits per heavy atom. The number of hydrogen-bond acceptors (Lipinski definition) is 3. The van der Waals surface area contributed by atoms with Crippen LogP contribution in [-0.4, -0.2) is 33.9 Å². The van der Waals surface area contributed by atoms with Crippen molar-refractivity contribution < 1.29 is 14.7 Å². The van der Waals surface area contributed by atoms with E-state index in [1.807, 2.05) is 6.92 Å². The summed E-state index contributed by atoms with van der Waals surface area (Å²) >= 11 is 0. The van der Waals surface area contributed by atoms with E-state index in [9.17, 15) is 14.7 Å². The van der Waals surface area contributed by atoms with Crippen LogP contribution in [0.5, 0.6) is 0 Å². The zero-order chi connectivity index (χ0) is 16.4. The van der Waals surface area contributed by atoms with Crippen molar-refractivity contribution >= 4 is 11.7 Å². The van der Waals surface area contributed by atoms with E-state index in [0.29, 0.717) is 22.6 Å². The van der Waals surface area contributed by atoms with E-state index >= 15 is 0 Å². The Hall–Kier alpha value is -2.40. The van der Waals surface area contributed by atoms with Crippen LogP contribution in [0, 0.1) is 5.92 Å². The molecule has 3 N–H and O–H groups in total. The molecular formula is C18H20N2O3. The summed E-state index contributed by atoms with van der Waals surface area (Å²) in [4.78, 5) is 27.4. The SMILES string of the molecule is CC(CO)(NC(=O)c1ccc(C(=O)c2cc[nH]c2)cc1)C1CC1. The number of rotatable bonds is 6. The molecule has 0 saturated heterocycles. The molecule has 120 valence electrons. The summed E-state index contributed by atoms with van der Waals surface area (Å²) in [6.07, 6.45) is 5.40. The largest absolute Gasteiger partial charge is 0.394 e. The summed E-state index contributed by atoms with van der Waals surface area (Å²) in [5, 5.41) is 12.5. The molecule has 1 fully saturated rings. The number of amides is 1. The average molecular weight is 312 g/mol. The Labute approximate surface area is 134 Å². The predicted molar refractivity (Wildman–Crippen MR) is 86.3 cm³/mol. The molecule has 1 atom stereocenters. The maximum absolute atomic E-state index is 12.3. The first-order valence-electron chi connectivity index (χ1n) is 7.74. The Balaban J connectivity index is 1.71. The van der Waals surface area contributed by atoms with Crippen LogP contribution < -0.4 is 5.32 Å². The van der Waals surface area contributed by atoms with Crippen molar-refractivity contribution in [3.63, 3.8) is 0 Å². The van der Waals surface area contributed by atoms with E-state index in [1.54, 1.807) is 42.7 Å². The minimum absolute atomic E-state index is 0.0759. The quantitative estimate of drug-likeness (QED) is 0.715. The molecule has 1 heterocycles. The molecule has 5 nitrogen and oxygen atoms in total. The summed E-state index contributed by atoms with van der Waals surface area (Å²) in [6, 6.07) is 8.29. The lowest BCUT2D eigenvalue weighted by Gasteiger charge is -2.28. The first kappa shape index (κ1) is 15.5. The number of nitrogens with one attached hydrogen (secondary N) is 2. The molecule has 0 spiro atoms. The number of aliphatic hydroxyl groups excluding tert-OH is 1. The molecule has 1 aromatic carbocycles. The van der Waals surface area contributed by atoms with Gasteiger partial charge in [-0.3, -0.25) is 9.59 Å². The number of benzene rings is 1. The topological polar surface area (TPSA) is 82.2 Å². The third-order valence-corrected chi connectivity index (χ3v) is 4.48. The fraction of sp³-hybridized carbons (Fsp3) is 0.333. The Morgan fingerprint density at radius 1 is 1.17 bits per heavy atom. The Bertz CT molecular complexity index is 702. The molecule has 0 radical (unpaired) electrons. The first-order valence-corrected chi connectivity index (χ1v) is 7.74. The zero-order valence-corrected chi connectivity index (χ0v) is 13.0. The molecule has 1 aliphatic rings. The van der Waals surface area contributed by atoms with Crippen molar-refractivity contribution in [1.82, 2.24) is 10.3 Å². The van der Waals surface area contributed by atoms with E-state index in [2.05, 4.69) is 10.3 Å². The lowest BCUT2D eigenvalue weighted by atomic mass is 9.96. The zero-order valence-electron chi connectivity index (χ0n) is 13.0. The lowest BCUT2D eigenvalue weighted by Crippen LogP contribution is -2.50. The van der Waals surface area contributed by atoms with Gasteiger partial charge in [0, 0.05) is 29.1 Å². The summed E-state index contributed by atoms with van der Waals surface area (Å²) in [6.45, 7) is 1.79. The maximum atomic E-state index is 12.3. The monoisotopic (exact) mass is 312 g/mol. The Kier molecular flexibility index (Phi) is 4.05. The van der Waals surface area contributed by atoms with Gasteiger partial charge in [-0.1, -0.05) is 12.1 Å². The summed E-state index contributed by atoms with van der Waals surface area (Å²) in [5.74, 6) is 0.0244. The standard InChI is InChI=1S/C18H20N2O3/c1-18(11-21,15-6-7-15)20-17(23)13-4-2-12(3-5-13)16(22)14-8-9-19-10-14/h2-5,8-10,15,19,21H,6-7,11H2,1H3,(H,20,23). The van der Waals surface area contributed by atoms with Crippen molar-refractivity contribution in [2.24, 2.45) is 5.92 Å². The number of aromatic amines is 1. The van der Waals surface area contributed by atoms with E-state index in [4.69, 9.17) is 0 Å². The number of ketones is 1. The highest BCUT2D eigenvalue weighted by Gasteiger charge is 2.42. The van der Waals surface area contributed by atoms with Crippen LogP contribution in [0.3, 0.4) is 0 Å². The van der Waals surface area contributed by atoms with Gasteiger partial charge in [0.1, 0.15) is 0 Å². The fourth-order valence-corrected chi connectivity index (χ4v) is 2.73. The smallest absolute Gasteiger partial charge is 0.251 e. The van der Waals surface area contributed by atoms with Crippen LogP contribution in [0.1, 0.15) is 46.0 Å². The molecule has 3 rings (SSSR count). The molecule has 1 aromatic heterocycles. The van der Waals surface area contributed by atoms with Gasteiger partial charge in [-0.05, 0) is 43.9 Å². The normalized spacial score (nSPS) is 16.6. The number of hydrogen-bond donors (Lipinski definition) is 3. The molecule has 0 aliphatic heterocycles. The van der Waals surface area contributed by atoms with Crippen LogP contribution in [0.4, 0.5) is 0 Å². The predicted octanol–water partition coefficient (Wildman–Crippen LogP) is 2.14. The second-order valence-corrected chi connectivity index (χ2v) is 6.31. The number of H-pyrrole nitrogens is 1. The molecule has 1 unspecified atom stereocenters. The third-order valence-electron chi connectivity index (χ3n) is 4.48. The van der Waals surface area contributed by atoms with Gasteiger partial charge in [0.15, 0.2) is 5.78 Å². The maximum Gasteiger partial charge on any atom is 0.251 e. The third kappa shape index (κ3) is 3.19. The van der Waals surface area contributed by atoms with Crippen molar-refractivity contribution in [2.75, 3.05) is 6.61 Å². The summed E-state index contributed by atoms with van der Waals surface area (Å²) in [7, 11) is 0. The molecule has 1 aliphatic carbocycles. The molecule has 23 heavy (non-hydrogen) atoms. The van der Waals surface area contributed by atoms with Crippen molar-refractivity contribution in [1.29, 1.82) is 0 Å². The summed E-state index contributed by atoms with van der Waals surface area (Å²) in [5.41, 5.74) is 1.03. The van der Waals surface area contributed by atoms with Gasteiger partial charge in [0.25, 0.3) is 5.91 Å². The summed E-state index contributed by atoms with van der Waals surface area (Å²) < 4.78 is 0. The van der Waals surface area contributed by atoms with Gasteiger partial charge < -0.3 is 15.4 Å². The highest BCUT2D eigenvalue weighted by Crippen LogP contribution is 2.39. The fourth-order valence-electron chi connectivity index (χ4n) is 2.73. The van der Waals surface area contributed by atoms with Gasteiger partial charge in [-0.15, -0.1) is 0 Å². The van der Waals surface area contributed by atoms with Gasteiger partial charge in [-0.2, -0.15) is 0 Å². The van der Waals surface area contributed by atoms with Crippen LogP contribution in [0.2, 0.25) is 0 Å². The molecular weight excluding hydrogens is 292 g/mol. The Morgan fingerprint density at radius 3 is 2.35 bits per heavy atom. The van der Waals surface area contributed by atoms with Crippen LogP contribution in [0.15, 0.2) is 42.7 Å². The molecule has 5 heteroatoms. The molecule has 1 amide bonds. The molecule has 2 aromatic rings. The van der Waals surface area contributed by atoms with Crippen LogP contribution in [0.25, 0.3) is 0 Å². The lowest BCUT2D eigenvalue weighted by molar-refractivity contribution is 0.0824. The molecule has 0 bridgehead atoms. The second kappa shape index (κ2) is 6.01. The second-order valence-electron chi connectivity index (χ2n) is 6.31. The molecule has 1 saturated carbocycles. The van der Waals surface area contributed by atoms with Crippen molar-refractivity contribution in [3.05, 3.63) is 59.4 Å².